The van der Waals surface area contributed by atoms with Crippen molar-refractivity contribution < 1.29 is 14.6 Å². The van der Waals surface area contributed by atoms with Crippen molar-refractivity contribution >= 4 is 0 Å². The summed E-state index contributed by atoms with van der Waals surface area (Å²) < 4.78 is 13.6. The third kappa shape index (κ3) is 4.56. The van der Waals surface area contributed by atoms with E-state index in [1.54, 1.807) is 18.2 Å². The van der Waals surface area contributed by atoms with Crippen LogP contribution in [0, 0.1) is 11.7 Å². The predicted octanol–water partition coefficient (Wildman–Crippen LogP) is 2.20. The summed E-state index contributed by atoms with van der Waals surface area (Å²) in [5, 5.41) is 19.3. The van der Waals surface area contributed by atoms with Gasteiger partial charge in [-0.2, -0.15) is 0 Å². The third-order valence-electron chi connectivity index (χ3n) is 3.40. The summed E-state index contributed by atoms with van der Waals surface area (Å²) in [6.07, 6.45) is -0.832. The van der Waals surface area contributed by atoms with Crippen molar-refractivity contribution in [1.82, 2.24) is 4.90 Å². The summed E-state index contributed by atoms with van der Waals surface area (Å²) >= 11 is 0. The second-order valence-electron chi connectivity index (χ2n) is 5.26. The molecular weight excluding hydrogens is 245 g/mol. The Balaban J connectivity index is 2.71. The largest absolute Gasteiger partial charge is 0.395 e. The van der Waals surface area contributed by atoms with Crippen LogP contribution in [0.25, 0.3) is 0 Å². The monoisotopic (exact) mass is 269 g/mol. The molecule has 108 valence electrons. The zero-order chi connectivity index (χ0) is 14.4. The molecule has 0 aliphatic heterocycles. The first-order valence-corrected chi connectivity index (χ1v) is 6.74. The lowest BCUT2D eigenvalue weighted by Crippen LogP contribution is -2.38. The van der Waals surface area contributed by atoms with Crippen LogP contribution in [0.4, 0.5) is 4.39 Å². The summed E-state index contributed by atoms with van der Waals surface area (Å²) in [5.41, 5.74) is 0.336. The lowest BCUT2D eigenvalue weighted by molar-refractivity contribution is 0.0682. The first-order chi connectivity index (χ1) is 8.97. The summed E-state index contributed by atoms with van der Waals surface area (Å²) in [7, 11) is 0. The van der Waals surface area contributed by atoms with Crippen LogP contribution in [0.1, 0.15) is 32.4 Å². The predicted molar refractivity (Wildman–Crippen MR) is 74.3 cm³/mol. The average molecular weight is 269 g/mol. The topological polar surface area (TPSA) is 43.7 Å². The normalized spacial score (nSPS) is 14.9. The van der Waals surface area contributed by atoms with Crippen LogP contribution in [-0.2, 0) is 0 Å². The fourth-order valence-electron chi connectivity index (χ4n) is 2.18. The number of aliphatic hydroxyl groups excluding tert-OH is 2. The smallest absolute Gasteiger partial charge is 0.129 e. The zero-order valence-corrected chi connectivity index (χ0v) is 11.9. The minimum absolute atomic E-state index is 0.0840. The van der Waals surface area contributed by atoms with E-state index in [1.807, 2.05) is 20.8 Å². The standard InChI is InChI=1S/C15H24FNO2/c1-11(2)17(8-9-18)10-12(3)15(19)13-6-4-5-7-14(13)16/h4-7,11-12,15,18-19H,8-10H2,1-3H3. The summed E-state index contributed by atoms with van der Waals surface area (Å²) in [4.78, 5) is 2.08. The maximum atomic E-state index is 13.6. The van der Waals surface area contributed by atoms with Crippen molar-refractivity contribution in [2.24, 2.45) is 5.92 Å². The van der Waals surface area contributed by atoms with Gasteiger partial charge < -0.3 is 10.2 Å². The van der Waals surface area contributed by atoms with Gasteiger partial charge in [-0.3, -0.25) is 4.90 Å². The molecule has 1 aromatic carbocycles. The fourth-order valence-corrected chi connectivity index (χ4v) is 2.18. The minimum atomic E-state index is -0.832. The van der Waals surface area contributed by atoms with Crippen LogP contribution < -0.4 is 0 Å². The van der Waals surface area contributed by atoms with Crippen molar-refractivity contribution in [3.05, 3.63) is 35.6 Å². The Kier molecular flexibility index (Phi) is 6.42. The van der Waals surface area contributed by atoms with E-state index in [0.29, 0.717) is 18.7 Å². The molecule has 0 bridgehead atoms. The first-order valence-electron chi connectivity index (χ1n) is 6.74. The maximum Gasteiger partial charge on any atom is 0.129 e. The molecular formula is C15H24FNO2. The van der Waals surface area contributed by atoms with Crippen LogP contribution in [0.3, 0.4) is 0 Å². The van der Waals surface area contributed by atoms with Gasteiger partial charge in [0.2, 0.25) is 0 Å². The Morgan fingerprint density at radius 3 is 2.37 bits per heavy atom. The Morgan fingerprint density at radius 2 is 1.84 bits per heavy atom. The van der Waals surface area contributed by atoms with Crippen LogP contribution in [0.5, 0.6) is 0 Å². The van der Waals surface area contributed by atoms with Gasteiger partial charge in [0, 0.05) is 24.7 Å². The van der Waals surface area contributed by atoms with Crippen molar-refractivity contribution in [3.63, 3.8) is 0 Å². The van der Waals surface area contributed by atoms with Crippen LogP contribution in [-0.4, -0.2) is 40.9 Å². The SMILES string of the molecule is CC(CN(CCO)C(C)C)C(O)c1ccccc1F. The molecule has 0 aliphatic rings. The number of nitrogens with zero attached hydrogens (tertiary/aromatic N) is 1. The molecule has 0 spiro atoms. The molecule has 0 aliphatic carbocycles. The molecule has 0 aromatic heterocycles. The number of aliphatic hydroxyl groups is 2. The quantitative estimate of drug-likeness (QED) is 0.797. The Hall–Kier alpha value is -0.970. The summed E-state index contributed by atoms with van der Waals surface area (Å²) in [6.45, 7) is 7.24. The van der Waals surface area contributed by atoms with Crippen LogP contribution in [0.15, 0.2) is 24.3 Å². The lowest BCUT2D eigenvalue weighted by Gasteiger charge is -2.30. The van der Waals surface area contributed by atoms with Crippen molar-refractivity contribution in [1.29, 1.82) is 0 Å². The second kappa shape index (κ2) is 7.58. The van der Waals surface area contributed by atoms with Gasteiger partial charge in [0.15, 0.2) is 0 Å². The Labute approximate surface area is 114 Å². The van der Waals surface area contributed by atoms with Crippen molar-refractivity contribution in [2.75, 3.05) is 19.7 Å². The van der Waals surface area contributed by atoms with Gasteiger partial charge in [0.05, 0.1) is 12.7 Å². The second-order valence-corrected chi connectivity index (χ2v) is 5.26. The highest BCUT2D eigenvalue weighted by molar-refractivity contribution is 5.20. The van der Waals surface area contributed by atoms with Gasteiger partial charge >= 0.3 is 0 Å². The van der Waals surface area contributed by atoms with Gasteiger partial charge in [-0.05, 0) is 25.8 Å². The summed E-state index contributed by atoms with van der Waals surface area (Å²) in [5.74, 6) is -0.481. The van der Waals surface area contributed by atoms with E-state index in [1.165, 1.54) is 6.07 Å². The third-order valence-corrected chi connectivity index (χ3v) is 3.40. The number of hydrogen-bond acceptors (Lipinski definition) is 3. The molecule has 2 N–H and O–H groups in total. The average Bonchev–Trinajstić information content (AvgIpc) is 2.37. The molecule has 2 atom stereocenters. The molecule has 19 heavy (non-hydrogen) atoms. The number of halogens is 1. The molecule has 0 amide bonds. The molecule has 0 saturated heterocycles. The molecule has 1 rings (SSSR count). The van der Waals surface area contributed by atoms with E-state index < -0.39 is 6.10 Å². The van der Waals surface area contributed by atoms with E-state index in [0.717, 1.165) is 0 Å². The van der Waals surface area contributed by atoms with Crippen LogP contribution in [0.2, 0.25) is 0 Å². The van der Waals surface area contributed by atoms with E-state index in [4.69, 9.17) is 5.11 Å². The van der Waals surface area contributed by atoms with E-state index in [-0.39, 0.29) is 24.4 Å². The minimum Gasteiger partial charge on any atom is -0.395 e. The number of benzene rings is 1. The molecule has 2 unspecified atom stereocenters. The van der Waals surface area contributed by atoms with Gasteiger partial charge in [0.1, 0.15) is 5.82 Å². The Morgan fingerprint density at radius 1 is 1.21 bits per heavy atom. The van der Waals surface area contributed by atoms with Gasteiger partial charge in [-0.15, -0.1) is 0 Å². The number of rotatable bonds is 7. The van der Waals surface area contributed by atoms with E-state index in [2.05, 4.69) is 4.90 Å². The fraction of sp³-hybridized carbons (Fsp3) is 0.600. The van der Waals surface area contributed by atoms with Crippen molar-refractivity contribution in [3.8, 4) is 0 Å². The lowest BCUT2D eigenvalue weighted by atomic mass is 9.96. The molecule has 3 nitrogen and oxygen atoms in total. The first kappa shape index (κ1) is 16.1. The zero-order valence-electron chi connectivity index (χ0n) is 11.9. The molecule has 0 saturated carbocycles. The molecule has 0 radical (unpaired) electrons. The summed E-state index contributed by atoms with van der Waals surface area (Å²) in [6, 6.07) is 6.59. The highest BCUT2D eigenvalue weighted by atomic mass is 19.1. The highest BCUT2D eigenvalue weighted by Crippen LogP contribution is 2.25. The number of hydrogen-bond donors (Lipinski definition) is 2. The molecule has 4 heteroatoms. The van der Waals surface area contributed by atoms with Gasteiger partial charge in [0.25, 0.3) is 0 Å². The van der Waals surface area contributed by atoms with Gasteiger partial charge in [-0.1, -0.05) is 25.1 Å². The van der Waals surface area contributed by atoms with E-state index in [9.17, 15) is 9.50 Å². The van der Waals surface area contributed by atoms with Crippen molar-refractivity contribution in [2.45, 2.75) is 32.9 Å². The van der Waals surface area contributed by atoms with E-state index >= 15 is 0 Å². The maximum absolute atomic E-state index is 13.6. The Bertz CT molecular complexity index is 384. The van der Waals surface area contributed by atoms with Crippen LogP contribution >= 0.6 is 0 Å². The van der Waals surface area contributed by atoms with Gasteiger partial charge in [-0.25, -0.2) is 4.39 Å². The highest BCUT2D eigenvalue weighted by Gasteiger charge is 2.22. The molecule has 0 heterocycles. The molecule has 1 aromatic rings. The molecule has 0 fully saturated rings.